The van der Waals surface area contributed by atoms with Crippen molar-refractivity contribution in [1.82, 2.24) is 15.2 Å². The van der Waals surface area contributed by atoms with Crippen molar-refractivity contribution in [3.63, 3.8) is 0 Å². The van der Waals surface area contributed by atoms with E-state index in [0.29, 0.717) is 12.2 Å². The van der Waals surface area contributed by atoms with E-state index in [1.54, 1.807) is 19.2 Å². The zero-order valence-electron chi connectivity index (χ0n) is 21.3. The molecule has 3 N–H and O–H groups in total. The number of nitrogens with zero attached hydrogens (tertiary/aromatic N) is 1. The number of benzene rings is 2. The number of carboxylic acid groups (broad SMARTS) is 1. The second-order valence-electron chi connectivity index (χ2n) is 9.38. The van der Waals surface area contributed by atoms with E-state index in [1.807, 2.05) is 25.3 Å². The van der Waals surface area contributed by atoms with E-state index < -0.39 is 17.9 Å². The fraction of sp³-hybridized carbons (Fsp3) is 0.429. The van der Waals surface area contributed by atoms with Crippen LogP contribution in [0.3, 0.4) is 0 Å². The van der Waals surface area contributed by atoms with Crippen LogP contribution >= 0.6 is 0 Å². The van der Waals surface area contributed by atoms with Crippen molar-refractivity contribution in [2.75, 3.05) is 20.3 Å². The fourth-order valence-corrected chi connectivity index (χ4v) is 5.09. The number of aryl methyl sites for hydroxylation is 1. The molecule has 0 unspecified atom stereocenters. The van der Waals surface area contributed by atoms with E-state index >= 15 is 0 Å². The Bertz CT molecular complexity index is 1220. The number of H-pyrrole nitrogens is 1. The number of aromatic amines is 1. The zero-order chi connectivity index (χ0) is 25.8. The van der Waals surface area contributed by atoms with Gasteiger partial charge in [-0.2, -0.15) is 0 Å². The van der Waals surface area contributed by atoms with Crippen molar-refractivity contribution in [1.29, 1.82) is 0 Å². The topological polar surface area (TPSA) is 104 Å². The molecule has 8 nitrogen and oxygen atoms in total. The summed E-state index contributed by atoms with van der Waals surface area (Å²) in [6.07, 6.45) is 3.93. The van der Waals surface area contributed by atoms with Gasteiger partial charge in [0.25, 0.3) is 5.91 Å². The molecule has 192 valence electrons. The summed E-state index contributed by atoms with van der Waals surface area (Å²) in [5, 5.41) is 12.7. The van der Waals surface area contributed by atoms with Gasteiger partial charge in [0.2, 0.25) is 0 Å². The molecule has 0 saturated carbocycles. The first-order valence-electron chi connectivity index (χ1n) is 12.4. The summed E-state index contributed by atoms with van der Waals surface area (Å²) in [4.78, 5) is 29.4. The van der Waals surface area contributed by atoms with Crippen LogP contribution in [0.2, 0.25) is 0 Å². The molecular weight excluding hydrogens is 458 g/mol. The highest BCUT2D eigenvalue weighted by atomic mass is 16.5. The average molecular weight is 494 g/mol. The van der Waals surface area contributed by atoms with Crippen molar-refractivity contribution in [2.24, 2.45) is 0 Å². The second kappa shape index (κ2) is 11.1. The number of carboxylic acids is 1. The molecule has 2 aromatic carbocycles. The minimum absolute atomic E-state index is 0.102. The number of ether oxygens (including phenoxy) is 2. The molecule has 1 amide bonds. The number of carbonyl (C=O) groups is 2. The Morgan fingerprint density at radius 3 is 2.67 bits per heavy atom. The highest BCUT2D eigenvalue weighted by Gasteiger charge is 2.31. The summed E-state index contributed by atoms with van der Waals surface area (Å²) in [6.45, 7) is 7.82. The number of amides is 1. The van der Waals surface area contributed by atoms with Gasteiger partial charge >= 0.3 is 5.97 Å². The first-order chi connectivity index (χ1) is 17.3. The standard InChI is InChI=1S/C28H35N3O5/c1-5-36-21-11-13-31(16-23-22-10-12-29-26(22)17(2)14-25(23)35-4)24(15-21)19-6-8-20(9-7-19)27(32)30-18(3)28(33)34/h6-10,12,14,18,21,24,29H,5,11,13,15-16H2,1-4H3,(H,30,32)(H,33,34)/t18-,21+,24-/m0/s1. The van der Waals surface area contributed by atoms with Gasteiger partial charge in [-0.15, -0.1) is 0 Å². The molecular formula is C28H35N3O5. The Hall–Kier alpha value is -3.36. The second-order valence-corrected chi connectivity index (χ2v) is 9.38. The summed E-state index contributed by atoms with van der Waals surface area (Å²) in [5.74, 6) is -0.587. The Morgan fingerprint density at radius 2 is 2.00 bits per heavy atom. The van der Waals surface area contributed by atoms with Gasteiger partial charge in [0.15, 0.2) is 0 Å². The molecule has 8 heteroatoms. The van der Waals surface area contributed by atoms with Crippen LogP contribution < -0.4 is 10.1 Å². The quantitative estimate of drug-likeness (QED) is 0.407. The van der Waals surface area contributed by atoms with Crippen LogP contribution in [0.1, 0.15) is 59.8 Å². The van der Waals surface area contributed by atoms with Gasteiger partial charge in [-0.3, -0.25) is 14.5 Å². The van der Waals surface area contributed by atoms with Gasteiger partial charge < -0.3 is 24.9 Å². The highest BCUT2D eigenvalue weighted by molar-refractivity contribution is 5.96. The maximum absolute atomic E-state index is 12.5. The van der Waals surface area contributed by atoms with E-state index in [1.165, 1.54) is 6.92 Å². The normalized spacial score (nSPS) is 19.2. The zero-order valence-corrected chi connectivity index (χ0v) is 21.3. The minimum atomic E-state index is -1.07. The monoisotopic (exact) mass is 493 g/mol. The Labute approximate surface area is 211 Å². The molecule has 0 aliphatic carbocycles. The van der Waals surface area contributed by atoms with E-state index in [0.717, 1.165) is 59.3 Å². The van der Waals surface area contributed by atoms with Crippen LogP contribution in [-0.2, 0) is 16.1 Å². The van der Waals surface area contributed by atoms with Crippen LogP contribution in [0.5, 0.6) is 5.75 Å². The number of aliphatic carboxylic acids is 1. The molecule has 1 saturated heterocycles. The number of hydrogen-bond acceptors (Lipinski definition) is 5. The maximum atomic E-state index is 12.5. The summed E-state index contributed by atoms with van der Waals surface area (Å²) >= 11 is 0. The van der Waals surface area contributed by atoms with Crippen molar-refractivity contribution in [3.05, 3.63) is 64.8 Å². The molecule has 3 aromatic rings. The number of aromatic nitrogens is 1. The van der Waals surface area contributed by atoms with E-state index in [9.17, 15) is 9.59 Å². The van der Waals surface area contributed by atoms with Gasteiger partial charge in [-0.05, 0) is 69.0 Å². The van der Waals surface area contributed by atoms with Crippen molar-refractivity contribution < 1.29 is 24.2 Å². The molecule has 3 atom stereocenters. The smallest absolute Gasteiger partial charge is 0.325 e. The minimum Gasteiger partial charge on any atom is -0.496 e. The number of rotatable bonds is 9. The van der Waals surface area contributed by atoms with Gasteiger partial charge in [-0.25, -0.2) is 0 Å². The Kier molecular flexibility index (Phi) is 7.96. The van der Waals surface area contributed by atoms with Crippen LogP contribution in [0.25, 0.3) is 10.9 Å². The Balaban J connectivity index is 1.62. The lowest BCUT2D eigenvalue weighted by molar-refractivity contribution is -0.138. The number of hydrogen-bond donors (Lipinski definition) is 3. The predicted molar refractivity (Wildman–Crippen MR) is 138 cm³/mol. The summed E-state index contributed by atoms with van der Waals surface area (Å²) in [5.41, 5.74) is 4.95. The third-order valence-electron chi connectivity index (χ3n) is 7.04. The van der Waals surface area contributed by atoms with Crippen molar-refractivity contribution >= 4 is 22.8 Å². The summed E-state index contributed by atoms with van der Waals surface area (Å²) in [6, 6.07) is 10.8. The van der Waals surface area contributed by atoms with Gasteiger partial charge in [-0.1, -0.05) is 12.1 Å². The molecule has 2 heterocycles. The van der Waals surface area contributed by atoms with Gasteiger partial charge in [0.05, 0.1) is 13.2 Å². The lowest BCUT2D eigenvalue weighted by Gasteiger charge is -2.40. The third-order valence-corrected chi connectivity index (χ3v) is 7.04. The number of piperidine rings is 1. The summed E-state index contributed by atoms with van der Waals surface area (Å²) < 4.78 is 11.8. The number of carbonyl (C=O) groups excluding carboxylic acids is 1. The lowest BCUT2D eigenvalue weighted by Crippen LogP contribution is -2.39. The van der Waals surface area contributed by atoms with Crippen LogP contribution in [0.15, 0.2) is 42.6 Å². The molecule has 1 aliphatic rings. The first-order valence-corrected chi connectivity index (χ1v) is 12.4. The number of fused-ring (bicyclic) bond motifs is 1. The Morgan fingerprint density at radius 1 is 1.25 bits per heavy atom. The first kappa shape index (κ1) is 25.7. The van der Waals surface area contributed by atoms with E-state index in [4.69, 9.17) is 14.6 Å². The molecule has 1 aliphatic heterocycles. The molecule has 0 bridgehead atoms. The van der Waals surface area contributed by atoms with Crippen LogP contribution in [0.4, 0.5) is 0 Å². The van der Waals surface area contributed by atoms with Gasteiger partial charge in [0, 0.05) is 54.0 Å². The molecule has 1 aromatic heterocycles. The molecule has 1 fully saturated rings. The van der Waals surface area contributed by atoms with E-state index in [2.05, 4.69) is 34.3 Å². The maximum Gasteiger partial charge on any atom is 0.325 e. The summed E-state index contributed by atoms with van der Waals surface area (Å²) in [7, 11) is 1.71. The van der Waals surface area contributed by atoms with Crippen molar-refractivity contribution in [3.8, 4) is 5.75 Å². The SMILES string of the molecule is CCO[C@@H]1CCN(Cc2c(OC)cc(C)c3[nH]ccc23)[C@H](c2ccc(C(=O)N[C@@H](C)C(=O)O)cc2)C1. The van der Waals surface area contributed by atoms with Crippen molar-refractivity contribution in [2.45, 2.75) is 58.3 Å². The third kappa shape index (κ3) is 5.39. The molecule has 0 radical (unpaired) electrons. The van der Waals surface area contributed by atoms with Crippen LogP contribution in [-0.4, -0.2) is 59.3 Å². The number of nitrogens with one attached hydrogen (secondary N) is 2. The molecule has 0 spiro atoms. The van der Waals surface area contributed by atoms with E-state index in [-0.39, 0.29) is 12.1 Å². The number of methoxy groups -OCH3 is 1. The molecule has 36 heavy (non-hydrogen) atoms. The number of likely N-dealkylation sites (tertiary alicyclic amines) is 1. The lowest BCUT2D eigenvalue weighted by atomic mass is 9.91. The predicted octanol–water partition coefficient (Wildman–Crippen LogP) is 4.43. The average Bonchev–Trinajstić information content (AvgIpc) is 3.37. The fourth-order valence-electron chi connectivity index (χ4n) is 5.09. The van der Waals surface area contributed by atoms with Crippen LogP contribution in [0, 0.1) is 6.92 Å². The van der Waals surface area contributed by atoms with Gasteiger partial charge in [0.1, 0.15) is 11.8 Å². The largest absolute Gasteiger partial charge is 0.496 e. The highest BCUT2D eigenvalue weighted by Crippen LogP contribution is 2.38. The molecule has 4 rings (SSSR count).